The summed E-state index contributed by atoms with van der Waals surface area (Å²) in [5, 5.41) is 6.45. The second-order valence-corrected chi connectivity index (χ2v) is 8.34. The van der Waals surface area contributed by atoms with Crippen molar-refractivity contribution in [3.05, 3.63) is 81.0 Å². The van der Waals surface area contributed by atoms with Gasteiger partial charge in [-0.25, -0.2) is 9.07 Å². The van der Waals surface area contributed by atoms with E-state index in [9.17, 15) is 14.0 Å². The zero-order valence-electron chi connectivity index (χ0n) is 16.4. The van der Waals surface area contributed by atoms with Crippen LogP contribution in [0.25, 0.3) is 17.3 Å². The minimum Gasteiger partial charge on any atom is -0.339 e. The van der Waals surface area contributed by atoms with Gasteiger partial charge in [-0.05, 0) is 66.6 Å². The number of thiophene rings is 1. The number of amides is 1. The molecule has 3 heterocycles. The molecule has 1 aliphatic heterocycles. The number of hydrogen-bond donors (Lipinski definition) is 0. The highest BCUT2D eigenvalue weighted by Gasteiger charge is 2.22. The predicted molar refractivity (Wildman–Crippen MR) is 117 cm³/mol. The minimum absolute atomic E-state index is 0.0236. The summed E-state index contributed by atoms with van der Waals surface area (Å²) in [6, 6.07) is 13.2. The van der Waals surface area contributed by atoms with Gasteiger partial charge in [-0.15, -0.1) is 11.3 Å². The minimum atomic E-state index is -0.307. The molecule has 0 spiro atoms. The number of rotatable bonds is 5. The van der Waals surface area contributed by atoms with E-state index in [4.69, 9.17) is 0 Å². The molecule has 0 radical (unpaired) electrons. The van der Waals surface area contributed by atoms with Crippen LogP contribution in [0.4, 0.5) is 4.39 Å². The first-order valence-corrected chi connectivity index (χ1v) is 10.8. The Morgan fingerprint density at radius 3 is 2.60 bits per heavy atom. The van der Waals surface area contributed by atoms with Gasteiger partial charge in [0.15, 0.2) is 0 Å². The number of aromatic nitrogens is 2. The maximum Gasteiger partial charge on any atom is 0.266 e. The smallest absolute Gasteiger partial charge is 0.266 e. The highest BCUT2D eigenvalue weighted by Crippen LogP contribution is 2.20. The first-order valence-electron chi connectivity index (χ1n) is 9.93. The molecule has 0 saturated carbocycles. The van der Waals surface area contributed by atoms with Gasteiger partial charge in [0.2, 0.25) is 5.91 Å². The summed E-state index contributed by atoms with van der Waals surface area (Å²) in [4.78, 5) is 27.6. The molecule has 30 heavy (non-hydrogen) atoms. The lowest BCUT2D eigenvalue weighted by Crippen LogP contribution is -2.39. The largest absolute Gasteiger partial charge is 0.339 e. The van der Waals surface area contributed by atoms with Crippen molar-refractivity contribution >= 4 is 23.3 Å². The summed E-state index contributed by atoms with van der Waals surface area (Å²) >= 11 is 1.60. The normalized spacial score (nSPS) is 15.0. The monoisotopic (exact) mass is 423 g/mol. The molecule has 1 saturated heterocycles. The Kier molecular flexibility index (Phi) is 6.18. The van der Waals surface area contributed by atoms with Crippen LogP contribution in [0.3, 0.4) is 0 Å². The molecule has 0 unspecified atom stereocenters. The molecule has 1 amide bonds. The summed E-state index contributed by atoms with van der Waals surface area (Å²) in [5.41, 5.74) is 1.25. The number of carbonyl (C=O) groups is 1. The molecule has 0 aliphatic carbocycles. The number of carbonyl (C=O) groups excluding carboxylic acids is 1. The van der Waals surface area contributed by atoms with Gasteiger partial charge in [0.25, 0.3) is 5.56 Å². The van der Waals surface area contributed by atoms with E-state index in [1.54, 1.807) is 35.6 Å². The van der Waals surface area contributed by atoms with Gasteiger partial charge in [-0.1, -0.05) is 6.07 Å². The van der Waals surface area contributed by atoms with Gasteiger partial charge in [-0.2, -0.15) is 5.10 Å². The van der Waals surface area contributed by atoms with Crippen molar-refractivity contribution in [3.8, 4) is 11.3 Å². The third-order valence-corrected chi connectivity index (χ3v) is 6.13. The number of benzene rings is 1. The molecular weight excluding hydrogens is 401 g/mol. The lowest BCUT2D eigenvalue weighted by molar-refractivity contribution is -0.127. The molecule has 2 aromatic heterocycles. The molecule has 0 bridgehead atoms. The Morgan fingerprint density at radius 2 is 1.90 bits per heavy atom. The summed E-state index contributed by atoms with van der Waals surface area (Å²) in [5.74, 6) is -0.00180. The second kappa shape index (κ2) is 9.17. The fourth-order valence-corrected chi connectivity index (χ4v) is 4.20. The van der Waals surface area contributed by atoms with Crippen molar-refractivity contribution in [2.24, 2.45) is 5.92 Å². The number of halogens is 1. The fraction of sp³-hybridized carbons (Fsp3) is 0.261. The number of likely N-dealkylation sites (tertiary alicyclic amines) is 1. The average Bonchev–Trinajstić information content (AvgIpc) is 3.28. The van der Waals surface area contributed by atoms with E-state index in [0.29, 0.717) is 25.3 Å². The summed E-state index contributed by atoms with van der Waals surface area (Å²) in [7, 11) is 0. The van der Waals surface area contributed by atoms with Crippen LogP contribution < -0.4 is 5.56 Å². The molecule has 1 aromatic carbocycles. The van der Waals surface area contributed by atoms with Crippen molar-refractivity contribution < 1.29 is 9.18 Å². The molecule has 1 fully saturated rings. The van der Waals surface area contributed by atoms with Crippen molar-refractivity contribution in [3.63, 3.8) is 0 Å². The van der Waals surface area contributed by atoms with Crippen molar-refractivity contribution in [2.75, 3.05) is 13.1 Å². The Labute approximate surface area is 178 Å². The molecular formula is C23H22FN3O2S. The summed E-state index contributed by atoms with van der Waals surface area (Å²) in [6.45, 7) is 1.86. The lowest BCUT2D eigenvalue weighted by atomic mass is 9.96. The molecule has 154 valence electrons. The lowest BCUT2D eigenvalue weighted by Gasteiger charge is -2.31. The number of nitrogens with zero attached hydrogens (tertiary/aromatic N) is 3. The van der Waals surface area contributed by atoms with Gasteiger partial charge in [0, 0.05) is 42.2 Å². The fourth-order valence-electron chi connectivity index (χ4n) is 3.58. The van der Waals surface area contributed by atoms with Crippen LogP contribution in [0.15, 0.2) is 64.8 Å². The molecule has 5 nitrogen and oxygen atoms in total. The van der Waals surface area contributed by atoms with E-state index in [2.05, 4.69) is 5.10 Å². The van der Waals surface area contributed by atoms with E-state index in [0.717, 1.165) is 23.3 Å². The average molecular weight is 424 g/mol. The molecule has 0 atom stereocenters. The van der Waals surface area contributed by atoms with Gasteiger partial charge in [0.05, 0.1) is 5.69 Å². The topological polar surface area (TPSA) is 55.2 Å². The highest BCUT2D eigenvalue weighted by atomic mass is 32.1. The van der Waals surface area contributed by atoms with E-state index < -0.39 is 0 Å². The van der Waals surface area contributed by atoms with E-state index in [1.165, 1.54) is 22.9 Å². The van der Waals surface area contributed by atoms with Gasteiger partial charge >= 0.3 is 0 Å². The van der Waals surface area contributed by atoms with Crippen LogP contribution in [-0.2, 0) is 11.3 Å². The third kappa shape index (κ3) is 4.91. The van der Waals surface area contributed by atoms with E-state index in [-0.39, 0.29) is 23.2 Å². The Balaban J connectivity index is 1.37. The van der Waals surface area contributed by atoms with Crippen LogP contribution in [0.1, 0.15) is 17.7 Å². The second-order valence-electron chi connectivity index (χ2n) is 7.36. The number of hydrogen-bond acceptors (Lipinski definition) is 4. The van der Waals surface area contributed by atoms with Crippen molar-refractivity contribution in [2.45, 2.75) is 19.4 Å². The maximum absolute atomic E-state index is 13.2. The van der Waals surface area contributed by atoms with Crippen molar-refractivity contribution in [1.82, 2.24) is 14.7 Å². The molecule has 0 N–H and O–H groups in total. The van der Waals surface area contributed by atoms with Gasteiger partial charge in [0.1, 0.15) is 5.82 Å². The van der Waals surface area contributed by atoms with Crippen molar-refractivity contribution in [1.29, 1.82) is 0 Å². The first kappa shape index (κ1) is 20.2. The van der Waals surface area contributed by atoms with Crippen LogP contribution in [0.2, 0.25) is 0 Å². The Bertz CT molecular complexity index is 1080. The van der Waals surface area contributed by atoms with Crippen LogP contribution in [0, 0.1) is 11.7 Å². The van der Waals surface area contributed by atoms with Crippen LogP contribution in [-0.4, -0.2) is 33.7 Å². The van der Waals surface area contributed by atoms with Gasteiger partial charge < -0.3 is 4.90 Å². The zero-order valence-corrected chi connectivity index (χ0v) is 17.2. The number of piperidine rings is 1. The van der Waals surface area contributed by atoms with Crippen LogP contribution >= 0.6 is 11.3 Å². The summed E-state index contributed by atoms with van der Waals surface area (Å²) in [6.07, 6.45) is 5.13. The quantitative estimate of drug-likeness (QED) is 0.582. The standard InChI is InChI=1S/C23H22FN3O2S/c24-19-5-3-18(4-6-19)21-8-10-23(29)27(25-21)16-17-11-13-26(14-12-17)22(28)9-7-20-2-1-15-30-20/h1-10,15,17H,11-14,16H2/b9-7+. The molecule has 3 aromatic rings. The van der Waals surface area contributed by atoms with Crippen LogP contribution in [0.5, 0.6) is 0 Å². The van der Waals surface area contributed by atoms with Gasteiger partial charge in [-0.3, -0.25) is 9.59 Å². The Morgan fingerprint density at radius 1 is 1.13 bits per heavy atom. The highest BCUT2D eigenvalue weighted by molar-refractivity contribution is 7.10. The zero-order chi connectivity index (χ0) is 20.9. The molecule has 1 aliphatic rings. The first-order chi connectivity index (χ1) is 14.6. The Hall–Kier alpha value is -3.06. The molecule has 7 heteroatoms. The van der Waals surface area contributed by atoms with E-state index >= 15 is 0 Å². The maximum atomic E-state index is 13.2. The summed E-state index contributed by atoms with van der Waals surface area (Å²) < 4.78 is 14.6. The van der Waals surface area contributed by atoms with E-state index in [1.807, 2.05) is 28.5 Å². The third-order valence-electron chi connectivity index (χ3n) is 5.30. The molecule has 4 rings (SSSR count). The predicted octanol–water partition coefficient (Wildman–Crippen LogP) is 4.06. The SMILES string of the molecule is O=C(/C=C/c1cccs1)N1CCC(Cn2nc(-c3ccc(F)cc3)ccc2=O)CC1.